The molecule has 0 aliphatic rings. The van der Waals surface area contributed by atoms with Crippen LogP contribution in [0.2, 0.25) is 0 Å². The van der Waals surface area contributed by atoms with Crippen LogP contribution in [-0.2, 0) is 19.1 Å². The predicted molar refractivity (Wildman–Crippen MR) is 68.7 cm³/mol. The van der Waals surface area contributed by atoms with Crippen molar-refractivity contribution in [1.29, 1.82) is 0 Å². The van der Waals surface area contributed by atoms with Gasteiger partial charge in [0.15, 0.2) is 0 Å². The zero-order chi connectivity index (χ0) is 14.3. The average molecular weight is 265 g/mol. The summed E-state index contributed by atoms with van der Waals surface area (Å²) in [5, 5.41) is 2.78. The van der Waals surface area contributed by atoms with Gasteiger partial charge in [-0.1, -0.05) is 0 Å². The summed E-state index contributed by atoms with van der Waals surface area (Å²) in [6.45, 7) is 0. The zero-order valence-corrected chi connectivity index (χ0v) is 10.9. The van der Waals surface area contributed by atoms with E-state index in [1.807, 2.05) is 0 Å². The number of carbonyl (C=O) groups is 2. The molecule has 1 aromatic rings. The summed E-state index contributed by atoms with van der Waals surface area (Å²) in [5.41, 5.74) is 0.598. The maximum Gasteiger partial charge on any atom is 0.354 e. The fourth-order valence-corrected chi connectivity index (χ4v) is 1.26. The Labute approximate surface area is 111 Å². The molecular formula is C13H15NO5. The molecule has 0 spiro atoms. The second kappa shape index (κ2) is 7.05. The van der Waals surface area contributed by atoms with Gasteiger partial charge in [0.1, 0.15) is 11.4 Å². The van der Waals surface area contributed by atoms with E-state index in [0.717, 1.165) is 6.08 Å². The first kappa shape index (κ1) is 14.6. The van der Waals surface area contributed by atoms with Crippen LogP contribution in [0.15, 0.2) is 36.0 Å². The largest absolute Gasteiger partial charge is 0.497 e. The lowest BCUT2D eigenvalue weighted by molar-refractivity contribution is -0.138. The number of esters is 2. The predicted octanol–water partition coefficient (Wildman–Crippen LogP) is 1.34. The molecule has 1 rings (SSSR count). The van der Waals surface area contributed by atoms with Crippen molar-refractivity contribution in [2.24, 2.45) is 0 Å². The first-order valence-electron chi connectivity index (χ1n) is 5.39. The fourth-order valence-electron chi connectivity index (χ4n) is 1.26. The van der Waals surface area contributed by atoms with Crippen molar-refractivity contribution in [3.05, 3.63) is 36.0 Å². The van der Waals surface area contributed by atoms with Crippen molar-refractivity contribution in [1.82, 2.24) is 0 Å². The minimum atomic E-state index is -0.666. The quantitative estimate of drug-likeness (QED) is 0.639. The third-order valence-electron chi connectivity index (χ3n) is 2.24. The van der Waals surface area contributed by atoms with Crippen LogP contribution in [-0.4, -0.2) is 33.3 Å². The molecule has 1 aromatic carbocycles. The summed E-state index contributed by atoms with van der Waals surface area (Å²) >= 11 is 0. The van der Waals surface area contributed by atoms with Gasteiger partial charge in [0, 0.05) is 5.69 Å². The van der Waals surface area contributed by atoms with Crippen LogP contribution in [0.1, 0.15) is 0 Å². The smallest absolute Gasteiger partial charge is 0.354 e. The molecule has 0 radical (unpaired) electrons. The lowest BCUT2D eigenvalue weighted by Crippen LogP contribution is -2.15. The molecule has 0 unspecified atom stereocenters. The Morgan fingerprint density at radius 1 is 1.05 bits per heavy atom. The number of hydrogen-bond donors (Lipinski definition) is 1. The summed E-state index contributed by atoms with van der Waals surface area (Å²) in [6, 6.07) is 6.84. The van der Waals surface area contributed by atoms with E-state index in [-0.39, 0.29) is 5.70 Å². The number of benzene rings is 1. The summed E-state index contributed by atoms with van der Waals surface area (Å²) in [7, 11) is 4.00. The molecule has 19 heavy (non-hydrogen) atoms. The number of anilines is 1. The number of carbonyl (C=O) groups excluding carboxylic acids is 2. The highest BCUT2D eigenvalue weighted by Gasteiger charge is 2.12. The Morgan fingerprint density at radius 2 is 1.68 bits per heavy atom. The molecule has 0 bridgehead atoms. The van der Waals surface area contributed by atoms with Crippen molar-refractivity contribution in [2.75, 3.05) is 26.6 Å². The second-order valence-electron chi connectivity index (χ2n) is 3.43. The molecule has 0 atom stereocenters. The minimum Gasteiger partial charge on any atom is -0.497 e. The van der Waals surface area contributed by atoms with Gasteiger partial charge in [-0.3, -0.25) is 0 Å². The Kier molecular flexibility index (Phi) is 5.40. The Balaban J connectivity index is 2.90. The third-order valence-corrected chi connectivity index (χ3v) is 2.24. The molecule has 0 saturated heterocycles. The Hall–Kier alpha value is -2.50. The van der Waals surface area contributed by atoms with Gasteiger partial charge in [-0.05, 0) is 24.3 Å². The van der Waals surface area contributed by atoms with Gasteiger partial charge in [0.2, 0.25) is 0 Å². The minimum absolute atomic E-state index is 0.0143. The fraction of sp³-hybridized carbons (Fsp3) is 0.231. The van der Waals surface area contributed by atoms with Gasteiger partial charge in [0.05, 0.1) is 27.4 Å². The van der Waals surface area contributed by atoms with E-state index in [1.165, 1.54) is 14.2 Å². The van der Waals surface area contributed by atoms with Gasteiger partial charge in [-0.25, -0.2) is 9.59 Å². The highest BCUT2D eigenvalue weighted by Crippen LogP contribution is 2.17. The summed E-state index contributed by atoms with van der Waals surface area (Å²) in [4.78, 5) is 22.7. The van der Waals surface area contributed by atoms with Crippen molar-refractivity contribution in [3.63, 3.8) is 0 Å². The van der Waals surface area contributed by atoms with Crippen molar-refractivity contribution >= 4 is 17.6 Å². The lowest BCUT2D eigenvalue weighted by Gasteiger charge is -2.09. The first-order valence-corrected chi connectivity index (χ1v) is 5.39. The van der Waals surface area contributed by atoms with Crippen LogP contribution >= 0.6 is 0 Å². The zero-order valence-electron chi connectivity index (χ0n) is 10.9. The van der Waals surface area contributed by atoms with E-state index in [4.69, 9.17) is 4.74 Å². The Bertz CT molecular complexity index is 478. The van der Waals surface area contributed by atoms with Gasteiger partial charge >= 0.3 is 11.9 Å². The van der Waals surface area contributed by atoms with Crippen LogP contribution in [0.3, 0.4) is 0 Å². The average Bonchev–Trinajstić information content (AvgIpc) is 2.46. The lowest BCUT2D eigenvalue weighted by atomic mass is 10.3. The number of hydrogen-bond acceptors (Lipinski definition) is 6. The molecule has 6 nitrogen and oxygen atoms in total. The Morgan fingerprint density at radius 3 is 2.16 bits per heavy atom. The van der Waals surface area contributed by atoms with E-state index in [1.54, 1.807) is 31.4 Å². The molecule has 102 valence electrons. The van der Waals surface area contributed by atoms with Gasteiger partial charge < -0.3 is 19.5 Å². The molecule has 0 heterocycles. The van der Waals surface area contributed by atoms with Gasteiger partial charge in [0.25, 0.3) is 0 Å². The number of nitrogens with one attached hydrogen (secondary N) is 1. The summed E-state index contributed by atoms with van der Waals surface area (Å²) in [5.74, 6) is -0.634. The number of rotatable bonds is 5. The summed E-state index contributed by atoms with van der Waals surface area (Å²) < 4.78 is 14.1. The van der Waals surface area contributed by atoms with E-state index >= 15 is 0 Å². The van der Waals surface area contributed by atoms with E-state index in [0.29, 0.717) is 11.4 Å². The molecule has 1 N–H and O–H groups in total. The maximum absolute atomic E-state index is 11.5. The number of methoxy groups -OCH3 is 3. The van der Waals surface area contributed by atoms with E-state index in [9.17, 15) is 9.59 Å². The van der Waals surface area contributed by atoms with E-state index in [2.05, 4.69) is 14.8 Å². The first-order chi connectivity index (χ1) is 9.10. The second-order valence-corrected chi connectivity index (χ2v) is 3.43. The molecule has 0 amide bonds. The van der Waals surface area contributed by atoms with Crippen LogP contribution in [0.5, 0.6) is 5.75 Å². The SMILES string of the molecule is COC(=O)/C=C(/Nc1ccc(OC)cc1)C(=O)OC. The molecule has 0 aromatic heterocycles. The standard InChI is InChI=1S/C13H15NO5/c1-17-10-6-4-9(5-7-10)14-11(13(16)19-3)8-12(15)18-2/h4-8,14H,1-3H3/b11-8+. The molecule has 0 saturated carbocycles. The van der Waals surface area contributed by atoms with Crippen molar-refractivity contribution in [2.45, 2.75) is 0 Å². The highest BCUT2D eigenvalue weighted by molar-refractivity contribution is 5.98. The van der Waals surface area contributed by atoms with Gasteiger partial charge in [-0.2, -0.15) is 0 Å². The van der Waals surface area contributed by atoms with Crippen LogP contribution in [0.25, 0.3) is 0 Å². The molecule has 6 heteroatoms. The molecule has 0 aliphatic carbocycles. The molecule has 0 fully saturated rings. The van der Waals surface area contributed by atoms with Crippen LogP contribution < -0.4 is 10.1 Å². The van der Waals surface area contributed by atoms with Crippen molar-refractivity contribution < 1.29 is 23.8 Å². The van der Waals surface area contributed by atoms with Crippen molar-refractivity contribution in [3.8, 4) is 5.75 Å². The summed E-state index contributed by atoms with van der Waals surface area (Å²) in [6.07, 6.45) is 1.02. The van der Waals surface area contributed by atoms with Crippen LogP contribution in [0.4, 0.5) is 5.69 Å². The van der Waals surface area contributed by atoms with Crippen LogP contribution in [0, 0.1) is 0 Å². The number of ether oxygens (including phenoxy) is 3. The normalized spacial score (nSPS) is 10.6. The van der Waals surface area contributed by atoms with Gasteiger partial charge in [-0.15, -0.1) is 0 Å². The van der Waals surface area contributed by atoms with E-state index < -0.39 is 11.9 Å². The maximum atomic E-state index is 11.5. The topological polar surface area (TPSA) is 73.9 Å². The molecule has 0 aliphatic heterocycles. The molecular weight excluding hydrogens is 250 g/mol. The highest BCUT2D eigenvalue weighted by atomic mass is 16.5. The monoisotopic (exact) mass is 265 g/mol. The third kappa shape index (κ3) is 4.34.